The van der Waals surface area contributed by atoms with Crippen molar-refractivity contribution in [3.05, 3.63) is 71.0 Å². The monoisotopic (exact) mass is 447 g/mol. The molecule has 0 aliphatic carbocycles. The summed E-state index contributed by atoms with van der Waals surface area (Å²) in [6.45, 7) is 6.27. The number of carbonyl (C=O) groups is 2. The highest BCUT2D eigenvalue weighted by atomic mass is 32.1. The fourth-order valence-corrected chi connectivity index (χ4v) is 4.15. The predicted octanol–water partition coefficient (Wildman–Crippen LogP) is 4.43. The zero-order valence-corrected chi connectivity index (χ0v) is 19.4. The number of amides is 1. The number of aromatic nitrogens is 1. The number of para-hydroxylation sites is 1. The van der Waals surface area contributed by atoms with Crippen LogP contribution in [0.2, 0.25) is 0 Å². The van der Waals surface area contributed by atoms with Crippen molar-refractivity contribution in [1.29, 1.82) is 0 Å². The molecule has 7 heteroatoms. The molecule has 164 valence electrons. The lowest BCUT2D eigenvalue weighted by Crippen LogP contribution is -2.31. The summed E-state index contributed by atoms with van der Waals surface area (Å²) in [5.41, 5.74) is 5.22. The van der Waals surface area contributed by atoms with Gasteiger partial charge in [0.25, 0.3) is 5.91 Å². The topological polar surface area (TPSA) is 54.8 Å². The summed E-state index contributed by atoms with van der Waals surface area (Å²) in [6.07, 6.45) is 3.71. The Morgan fingerprint density at radius 3 is 2.59 bits per heavy atom. The summed E-state index contributed by atoms with van der Waals surface area (Å²) < 4.78 is 6.95. The lowest BCUT2D eigenvalue weighted by Gasteiger charge is -2.17. The molecule has 2 heterocycles. The van der Waals surface area contributed by atoms with Crippen molar-refractivity contribution in [2.24, 2.45) is 0 Å². The van der Waals surface area contributed by atoms with Crippen LogP contribution in [0.15, 0.2) is 54.4 Å². The third kappa shape index (κ3) is 3.80. The van der Waals surface area contributed by atoms with Crippen LogP contribution in [0.25, 0.3) is 17.0 Å². The van der Waals surface area contributed by atoms with E-state index in [0.717, 1.165) is 33.3 Å². The number of rotatable bonds is 5. The fourth-order valence-electron chi connectivity index (χ4n) is 3.86. The van der Waals surface area contributed by atoms with Gasteiger partial charge in [0.2, 0.25) is 0 Å². The van der Waals surface area contributed by atoms with Crippen LogP contribution in [0.1, 0.15) is 23.6 Å². The molecular formula is C25H25N3O3S. The molecule has 0 unspecified atom stereocenters. The number of anilines is 1. The Morgan fingerprint density at radius 1 is 1.12 bits per heavy atom. The second-order valence-electron chi connectivity index (χ2n) is 7.81. The average molecular weight is 448 g/mol. The second-order valence-corrected chi connectivity index (χ2v) is 8.18. The van der Waals surface area contributed by atoms with E-state index in [9.17, 15) is 9.59 Å². The van der Waals surface area contributed by atoms with E-state index in [1.54, 1.807) is 23.8 Å². The highest BCUT2D eigenvalue weighted by molar-refractivity contribution is 7.80. The minimum Gasteiger partial charge on any atom is -0.465 e. The molecule has 1 amide bonds. The van der Waals surface area contributed by atoms with Gasteiger partial charge in [-0.1, -0.05) is 24.3 Å². The molecule has 1 aliphatic rings. The summed E-state index contributed by atoms with van der Waals surface area (Å²) in [5, 5.41) is 1.38. The van der Waals surface area contributed by atoms with Crippen LogP contribution in [0.4, 0.5) is 5.69 Å². The van der Waals surface area contributed by atoms with Crippen molar-refractivity contribution in [1.82, 2.24) is 9.47 Å². The lowest BCUT2D eigenvalue weighted by molar-refractivity contribution is -0.143. The maximum absolute atomic E-state index is 13.4. The molecule has 0 radical (unpaired) electrons. The van der Waals surface area contributed by atoms with E-state index in [4.69, 9.17) is 17.0 Å². The number of carbonyl (C=O) groups excluding carboxylic acids is 2. The molecular weight excluding hydrogens is 422 g/mol. The van der Waals surface area contributed by atoms with Crippen LogP contribution in [-0.2, 0) is 20.9 Å². The number of hydrogen-bond acceptors (Lipinski definition) is 4. The number of benzene rings is 2. The molecule has 0 bridgehead atoms. The number of nitrogens with zero attached hydrogens (tertiary/aromatic N) is 3. The van der Waals surface area contributed by atoms with Gasteiger partial charge < -0.3 is 14.2 Å². The Balaban J connectivity index is 1.75. The Morgan fingerprint density at radius 2 is 1.88 bits per heavy atom. The predicted molar refractivity (Wildman–Crippen MR) is 130 cm³/mol. The van der Waals surface area contributed by atoms with Crippen molar-refractivity contribution in [2.75, 3.05) is 18.6 Å². The molecule has 1 aliphatic heterocycles. The molecule has 4 rings (SSSR count). The standard InChI is InChI=1S/C25H25N3O3S/c1-5-31-23(29)15-27-14-18(20-8-6-7-9-21(20)27)13-22-24(30)28(25(32)26(22)4)19-11-10-16(2)17(3)12-19/h6-14H,5,15H2,1-4H3/b22-13-. The molecule has 32 heavy (non-hydrogen) atoms. The molecule has 6 nitrogen and oxygen atoms in total. The van der Waals surface area contributed by atoms with Gasteiger partial charge in [0, 0.05) is 29.7 Å². The first kappa shape index (κ1) is 21.8. The molecule has 0 saturated carbocycles. The van der Waals surface area contributed by atoms with Crippen molar-refractivity contribution in [2.45, 2.75) is 27.3 Å². The lowest BCUT2D eigenvalue weighted by atomic mass is 10.1. The van der Waals surface area contributed by atoms with E-state index in [0.29, 0.717) is 17.4 Å². The van der Waals surface area contributed by atoms with Gasteiger partial charge in [-0.05, 0) is 68.4 Å². The van der Waals surface area contributed by atoms with E-state index in [2.05, 4.69) is 0 Å². The van der Waals surface area contributed by atoms with Gasteiger partial charge in [-0.25, -0.2) is 0 Å². The van der Waals surface area contributed by atoms with E-state index < -0.39 is 0 Å². The van der Waals surface area contributed by atoms with Gasteiger partial charge in [0.15, 0.2) is 5.11 Å². The smallest absolute Gasteiger partial charge is 0.325 e. The first-order valence-corrected chi connectivity index (χ1v) is 10.9. The van der Waals surface area contributed by atoms with Crippen LogP contribution >= 0.6 is 12.2 Å². The van der Waals surface area contributed by atoms with Crippen LogP contribution in [-0.4, -0.2) is 40.1 Å². The molecule has 2 aromatic carbocycles. The van der Waals surface area contributed by atoms with Crippen LogP contribution in [0.5, 0.6) is 0 Å². The fraction of sp³-hybridized carbons (Fsp3) is 0.240. The zero-order valence-electron chi connectivity index (χ0n) is 18.6. The Kier molecular flexibility index (Phi) is 5.84. The zero-order chi connectivity index (χ0) is 23.0. The minimum atomic E-state index is -0.302. The van der Waals surface area contributed by atoms with Gasteiger partial charge in [-0.2, -0.15) is 0 Å². The van der Waals surface area contributed by atoms with Gasteiger partial charge in [0.05, 0.1) is 12.3 Å². The van der Waals surface area contributed by atoms with Gasteiger partial charge in [0.1, 0.15) is 12.2 Å². The summed E-state index contributed by atoms with van der Waals surface area (Å²) in [6, 6.07) is 13.7. The summed E-state index contributed by atoms with van der Waals surface area (Å²) in [5.74, 6) is -0.480. The van der Waals surface area contributed by atoms with E-state index in [-0.39, 0.29) is 18.4 Å². The van der Waals surface area contributed by atoms with E-state index in [1.165, 1.54) is 0 Å². The number of ether oxygens (including phenoxy) is 1. The number of thiocarbonyl (C=S) groups is 1. The number of hydrogen-bond donors (Lipinski definition) is 0. The molecule has 1 fully saturated rings. The van der Waals surface area contributed by atoms with Gasteiger partial charge in [-0.15, -0.1) is 0 Å². The Hall–Kier alpha value is -3.45. The first-order valence-electron chi connectivity index (χ1n) is 10.5. The minimum absolute atomic E-state index is 0.106. The highest BCUT2D eigenvalue weighted by Gasteiger charge is 2.37. The number of esters is 1. The number of aryl methyl sites for hydroxylation is 2. The SMILES string of the molecule is CCOC(=O)Cn1cc(/C=C2/C(=O)N(c3ccc(C)c(C)c3)C(=S)N2C)c2ccccc21. The van der Waals surface area contributed by atoms with E-state index in [1.807, 2.05) is 73.2 Å². The van der Waals surface area contributed by atoms with Crippen molar-refractivity contribution < 1.29 is 14.3 Å². The second kappa shape index (κ2) is 8.59. The van der Waals surface area contributed by atoms with Crippen molar-refractivity contribution >= 4 is 51.9 Å². The number of fused-ring (bicyclic) bond motifs is 1. The molecule has 0 spiro atoms. The molecule has 0 N–H and O–H groups in total. The normalized spacial score (nSPS) is 15.3. The molecule has 0 atom stereocenters. The molecule has 1 aromatic heterocycles. The highest BCUT2D eigenvalue weighted by Crippen LogP contribution is 2.31. The third-order valence-corrected chi connectivity index (χ3v) is 6.18. The van der Waals surface area contributed by atoms with Crippen LogP contribution < -0.4 is 4.90 Å². The molecule has 3 aromatic rings. The van der Waals surface area contributed by atoms with Crippen molar-refractivity contribution in [3.63, 3.8) is 0 Å². The van der Waals surface area contributed by atoms with Gasteiger partial charge in [-0.3, -0.25) is 14.5 Å². The van der Waals surface area contributed by atoms with Crippen LogP contribution in [0.3, 0.4) is 0 Å². The largest absolute Gasteiger partial charge is 0.465 e. The summed E-state index contributed by atoms with van der Waals surface area (Å²) in [4.78, 5) is 28.7. The summed E-state index contributed by atoms with van der Waals surface area (Å²) in [7, 11) is 1.80. The maximum Gasteiger partial charge on any atom is 0.325 e. The Labute approximate surface area is 192 Å². The van der Waals surface area contributed by atoms with E-state index >= 15 is 0 Å². The number of likely N-dealkylation sites (N-methyl/N-ethyl adjacent to an activating group) is 1. The maximum atomic E-state index is 13.4. The molecule has 1 saturated heterocycles. The third-order valence-electron chi connectivity index (χ3n) is 5.73. The quantitative estimate of drug-likeness (QED) is 0.329. The van der Waals surface area contributed by atoms with Crippen LogP contribution in [0, 0.1) is 13.8 Å². The average Bonchev–Trinajstić information content (AvgIpc) is 3.21. The van der Waals surface area contributed by atoms with Gasteiger partial charge >= 0.3 is 5.97 Å². The Bertz CT molecular complexity index is 1270. The first-order chi connectivity index (χ1) is 15.3. The summed E-state index contributed by atoms with van der Waals surface area (Å²) >= 11 is 5.60. The van der Waals surface area contributed by atoms with Crippen molar-refractivity contribution in [3.8, 4) is 0 Å².